The van der Waals surface area contributed by atoms with Crippen molar-refractivity contribution in [3.63, 3.8) is 0 Å². The van der Waals surface area contributed by atoms with E-state index in [2.05, 4.69) is 12.6 Å². The number of carbonyl (C=O) groups excluding carboxylic acids is 1. The highest BCUT2D eigenvalue weighted by Crippen LogP contribution is 2.28. The summed E-state index contributed by atoms with van der Waals surface area (Å²) in [5, 5.41) is 0. The number of thiol groups is 1. The number of hydrogen-bond donors (Lipinski definition) is 1. The molecule has 0 fully saturated rings. The van der Waals surface area contributed by atoms with E-state index in [9.17, 15) is 9.18 Å². The minimum Gasteiger partial charge on any atom is -0.482 e. The molecular formula is C11H10FO2S. The molecule has 0 saturated heterocycles. The number of hydrogen-bond acceptors (Lipinski definition) is 3. The number of halogens is 1. The van der Waals surface area contributed by atoms with Crippen molar-refractivity contribution in [3.05, 3.63) is 35.3 Å². The molecule has 0 aromatic heterocycles. The Kier molecular flexibility index (Phi) is 2.95. The second-order valence-corrected chi connectivity index (χ2v) is 3.69. The molecule has 0 bridgehead atoms. The highest BCUT2D eigenvalue weighted by Gasteiger charge is 2.25. The number of Topliss-reactive ketones (excluding diaryl/α,β-unsaturated/α-hetero) is 1. The van der Waals surface area contributed by atoms with Crippen molar-refractivity contribution in [2.75, 3.05) is 0 Å². The van der Waals surface area contributed by atoms with Crippen molar-refractivity contribution in [1.29, 1.82) is 0 Å². The molecule has 1 aromatic rings. The summed E-state index contributed by atoms with van der Waals surface area (Å²) in [4.78, 5) is 11.3. The molecule has 0 spiro atoms. The summed E-state index contributed by atoms with van der Waals surface area (Å²) in [6.07, 6.45) is 0.762. The highest BCUT2D eigenvalue weighted by atomic mass is 32.1. The maximum atomic E-state index is 12.9. The van der Waals surface area contributed by atoms with Crippen LogP contribution in [0.2, 0.25) is 0 Å². The summed E-state index contributed by atoms with van der Waals surface area (Å²) in [6.45, 7) is 0. The van der Waals surface area contributed by atoms with Gasteiger partial charge in [0.1, 0.15) is 11.6 Å². The molecule has 15 heavy (non-hydrogen) atoms. The number of benzene rings is 1. The fourth-order valence-electron chi connectivity index (χ4n) is 1.64. The van der Waals surface area contributed by atoms with Crippen LogP contribution >= 0.6 is 12.6 Å². The zero-order valence-corrected chi connectivity index (χ0v) is 8.84. The molecule has 0 amide bonds. The molecule has 2 rings (SSSR count). The quantitative estimate of drug-likeness (QED) is 0.781. The normalized spacial score (nSPS) is 19.2. The van der Waals surface area contributed by atoms with E-state index < -0.39 is 6.10 Å². The number of rotatable bonds is 2. The van der Waals surface area contributed by atoms with Crippen molar-refractivity contribution < 1.29 is 13.9 Å². The molecule has 0 aliphatic carbocycles. The van der Waals surface area contributed by atoms with Gasteiger partial charge in [0.25, 0.3) is 0 Å². The summed E-state index contributed by atoms with van der Waals surface area (Å²) in [6, 6.07) is 4.33. The van der Waals surface area contributed by atoms with Crippen LogP contribution in [0.4, 0.5) is 4.39 Å². The van der Waals surface area contributed by atoms with Gasteiger partial charge in [0.15, 0.2) is 11.9 Å². The van der Waals surface area contributed by atoms with Crippen LogP contribution in [0.1, 0.15) is 12.0 Å². The van der Waals surface area contributed by atoms with Gasteiger partial charge in [-0.25, -0.2) is 4.39 Å². The first-order chi connectivity index (χ1) is 7.20. The molecule has 4 heteroatoms. The van der Waals surface area contributed by atoms with Crippen molar-refractivity contribution in [1.82, 2.24) is 0 Å². The van der Waals surface area contributed by atoms with E-state index >= 15 is 0 Å². The monoisotopic (exact) mass is 225 g/mol. The Morgan fingerprint density at radius 3 is 3.13 bits per heavy atom. The van der Waals surface area contributed by atoms with Gasteiger partial charge in [-0.2, -0.15) is 12.6 Å². The molecule has 1 heterocycles. The van der Waals surface area contributed by atoms with Gasteiger partial charge in [-0.05, 0) is 36.6 Å². The lowest BCUT2D eigenvalue weighted by Crippen LogP contribution is -2.30. The van der Waals surface area contributed by atoms with Gasteiger partial charge in [0, 0.05) is 0 Å². The Labute approximate surface area is 92.8 Å². The predicted molar refractivity (Wildman–Crippen MR) is 57.4 cm³/mol. The maximum absolute atomic E-state index is 12.9. The van der Waals surface area contributed by atoms with Crippen molar-refractivity contribution in [2.45, 2.75) is 18.9 Å². The lowest BCUT2D eigenvalue weighted by Gasteiger charge is -2.24. The van der Waals surface area contributed by atoms with E-state index in [4.69, 9.17) is 4.74 Å². The van der Waals surface area contributed by atoms with Crippen LogP contribution in [-0.4, -0.2) is 11.9 Å². The van der Waals surface area contributed by atoms with Crippen molar-refractivity contribution in [2.24, 2.45) is 0 Å². The molecule has 79 valence electrons. The third-order valence-corrected chi connectivity index (χ3v) is 2.67. The van der Waals surface area contributed by atoms with Gasteiger partial charge in [-0.15, -0.1) is 0 Å². The second kappa shape index (κ2) is 4.23. The maximum Gasteiger partial charge on any atom is 0.187 e. The Balaban J connectivity index is 2.20. The summed E-state index contributed by atoms with van der Waals surface area (Å²) < 4.78 is 18.3. The Hall–Kier alpha value is -1.03. The summed E-state index contributed by atoms with van der Waals surface area (Å²) in [5.74, 6) is 1.38. The zero-order chi connectivity index (χ0) is 10.8. The Bertz CT molecular complexity index is 392. The summed E-state index contributed by atoms with van der Waals surface area (Å²) >= 11 is 3.80. The minimum atomic E-state index is -0.472. The fraction of sp³-hybridized carbons (Fsp3) is 0.273. The van der Waals surface area contributed by atoms with E-state index in [1.807, 2.05) is 0 Å². The first-order valence-electron chi connectivity index (χ1n) is 4.67. The largest absolute Gasteiger partial charge is 0.482 e. The molecule has 1 unspecified atom stereocenters. The van der Waals surface area contributed by atoms with Gasteiger partial charge in [0.2, 0.25) is 0 Å². The second-order valence-electron chi connectivity index (χ2n) is 3.43. The first-order valence-corrected chi connectivity index (χ1v) is 5.18. The molecule has 0 N–H and O–H groups in total. The summed E-state index contributed by atoms with van der Waals surface area (Å²) in [7, 11) is 0. The Morgan fingerprint density at radius 1 is 1.60 bits per heavy atom. The van der Waals surface area contributed by atoms with Crippen LogP contribution in [0, 0.1) is 11.6 Å². The zero-order valence-electron chi connectivity index (χ0n) is 7.94. The first kappa shape index (κ1) is 10.5. The van der Waals surface area contributed by atoms with E-state index in [0.717, 1.165) is 5.56 Å². The number of aryl methyl sites for hydroxylation is 1. The molecule has 0 saturated carbocycles. The van der Waals surface area contributed by atoms with Crippen LogP contribution in [-0.2, 0) is 11.2 Å². The SMILES string of the molecule is O=C([CH]S)C1CCc2cc(F)ccc2O1. The number of ketones is 1. The van der Waals surface area contributed by atoms with E-state index in [0.29, 0.717) is 18.6 Å². The van der Waals surface area contributed by atoms with Crippen LogP contribution < -0.4 is 4.74 Å². The average molecular weight is 225 g/mol. The van der Waals surface area contributed by atoms with Crippen LogP contribution in [0.25, 0.3) is 0 Å². The fourth-order valence-corrected chi connectivity index (χ4v) is 1.81. The third-order valence-electron chi connectivity index (χ3n) is 2.41. The molecule has 1 radical (unpaired) electrons. The highest BCUT2D eigenvalue weighted by molar-refractivity contribution is 7.83. The third kappa shape index (κ3) is 2.15. The van der Waals surface area contributed by atoms with Crippen molar-refractivity contribution >= 4 is 18.4 Å². The number of fused-ring (bicyclic) bond motifs is 1. The lowest BCUT2D eigenvalue weighted by molar-refractivity contribution is -0.122. The van der Waals surface area contributed by atoms with E-state index in [1.54, 1.807) is 6.07 Å². The van der Waals surface area contributed by atoms with Gasteiger partial charge in [-0.1, -0.05) is 0 Å². The van der Waals surface area contributed by atoms with E-state index in [1.165, 1.54) is 17.9 Å². The van der Waals surface area contributed by atoms with Gasteiger partial charge < -0.3 is 4.74 Å². The molecular weight excluding hydrogens is 215 g/mol. The van der Waals surface area contributed by atoms with Crippen LogP contribution in [0.15, 0.2) is 18.2 Å². The van der Waals surface area contributed by atoms with E-state index in [-0.39, 0.29) is 11.6 Å². The minimum absolute atomic E-state index is 0.145. The molecule has 1 atom stereocenters. The molecule has 2 nitrogen and oxygen atoms in total. The summed E-state index contributed by atoms with van der Waals surface area (Å²) in [5.41, 5.74) is 0.818. The van der Waals surface area contributed by atoms with Crippen molar-refractivity contribution in [3.8, 4) is 5.75 Å². The smallest absolute Gasteiger partial charge is 0.187 e. The molecule has 1 aliphatic heterocycles. The van der Waals surface area contributed by atoms with Gasteiger partial charge >= 0.3 is 0 Å². The standard InChI is InChI=1S/C11H10FO2S/c12-8-2-4-10-7(5-8)1-3-11(14-10)9(13)6-15/h2,4-6,11,15H,1,3H2. The molecule has 1 aliphatic rings. The number of ether oxygens (including phenoxy) is 1. The van der Waals surface area contributed by atoms with Crippen LogP contribution in [0.3, 0.4) is 0 Å². The van der Waals surface area contributed by atoms with Gasteiger partial charge in [0.05, 0.1) is 5.75 Å². The van der Waals surface area contributed by atoms with Crippen LogP contribution in [0.5, 0.6) is 5.75 Å². The molecule has 1 aromatic carbocycles. The Morgan fingerprint density at radius 2 is 2.40 bits per heavy atom. The average Bonchev–Trinajstić information content (AvgIpc) is 2.27. The predicted octanol–water partition coefficient (Wildman–Crippen LogP) is 2.18. The topological polar surface area (TPSA) is 26.3 Å². The van der Waals surface area contributed by atoms with Gasteiger partial charge in [-0.3, -0.25) is 4.79 Å². The number of carbonyl (C=O) groups is 1. The lowest BCUT2D eigenvalue weighted by atomic mass is 10.0.